The second-order valence-corrected chi connectivity index (χ2v) is 5.84. The molecule has 2 rings (SSSR count). The van der Waals surface area contributed by atoms with Gasteiger partial charge in [-0.25, -0.2) is 4.79 Å². The molecule has 1 aliphatic rings. The Kier molecular flexibility index (Phi) is 5.31. The first-order valence-corrected chi connectivity index (χ1v) is 7.49. The summed E-state index contributed by atoms with van der Waals surface area (Å²) in [5.74, 6) is 0.0108. The molecule has 0 radical (unpaired) electrons. The van der Waals surface area contributed by atoms with Gasteiger partial charge < -0.3 is 16.0 Å². The Morgan fingerprint density at radius 3 is 2.57 bits per heavy atom. The zero-order chi connectivity index (χ0) is 15.4. The smallest absolute Gasteiger partial charge is 0.312 e. The summed E-state index contributed by atoms with van der Waals surface area (Å²) in [7, 11) is 0. The standard InChI is InChI=1S/C14H17Cl2N3O2/c15-11-3-1-2-9(13(11)16)8-12(20)19-6-4-10(5-7-19)18-14(17)21/h1-3,10H,4-8H2,(H3,17,18,21). The van der Waals surface area contributed by atoms with Gasteiger partial charge in [-0.1, -0.05) is 35.3 Å². The summed E-state index contributed by atoms with van der Waals surface area (Å²) < 4.78 is 0. The lowest BCUT2D eigenvalue weighted by Crippen LogP contribution is -2.48. The lowest BCUT2D eigenvalue weighted by Gasteiger charge is -2.32. The fourth-order valence-corrected chi connectivity index (χ4v) is 2.82. The van der Waals surface area contributed by atoms with Gasteiger partial charge in [0.25, 0.3) is 0 Å². The van der Waals surface area contributed by atoms with Crippen LogP contribution in [0.5, 0.6) is 0 Å². The van der Waals surface area contributed by atoms with Crippen molar-refractivity contribution in [3.05, 3.63) is 33.8 Å². The van der Waals surface area contributed by atoms with Crippen LogP contribution in [-0.2, 0) is 11.2 Å². The summed E-state index contributed by atoms with van der Waals surface area (Å²) in [6.07, 6.45) is 1.64. The largest absolute Gasteiger partial charge is 0.352 e. The lowest BCUT2D eigenvalue weighted by atomic mass is 10.0. The maximum atomic E-state index is 12.3. The minimum absolute atomic E-state index is 0.0108. The molecule has 0 aromatic heterocycles. The number of likely N-dealkylation sites (tertiary alicyclic amines) is 1. The number of nitrogens with one attached hydrogen (secondary N) is 1. The molecule has 0 saturated carbocycles. The van der Waals surface area contributed by atoms with Crippen molar-refractivity contribution in [3.8, 4) is 0 Å². The van der Waals surface area contributed by atoms with E-state index in [0.717, 1.165) is 5.56 Å². The summed E-state index contributed by atoms with van der Waals surface area (Å²) >= 11 is 12.0. The highest BCUT2D eigenvalue weighted by Crippen LogP contribution is 2.26. The van der Waals surface area contributed by atoms with E-state index in [-0.39, 0.29) is 18.4 Å². The monoisotopic (exact) mass is 329 g/mol. The highest BCUT2D eigenvalue weighted by atomic mass is 35.5. The molecule has 0 spiro atoms. The van der Waals surface area contributed by atoms with E-state index in [0.29, 0.717) is 36.0 Å². The summed E-state index contributed by atoms with van der Waals surface area (Å²) in [4.78, 5) is 24.8. The van der Waals surface area contributed by atoms with Crippen molar-refractivity contribution in [1.29, 1.82) is 0 Å². The molecule has 7 heteroatoms. The second kappa shape index (κ2) is 7.00. The van der Waals surface area contributed by atoms with Gasteiger partial charge >= 0.3 is 6.03 Å². The quantitative estimate of drug-likeness (QED) is 0.891. The molecule has 0 atom stereocenters. The van der Waals surface area contributed by atoms with E-state index < -0.39 is 6.03 Å². The summed E-state index contributed by atoms with van der Waals surface area (Å²) in [6.45, 7) is 1.20. The molecular weight excluding hydrogens is 313 g/mol. The average molecular weight is 330 g/mol. The van der Waals surface area contributed by atoms with Gasteiger partial charge in [-0.3, -0.25) is 4.79 Å². The summed E-state index contributed by atoms with van der Waals surface area (Å²) in [6, 6.07) is 4.79. The predicted octanol–water partition coefficient (Wildman–Crippen LogP) is 2.20. The number of halogens is 2. The molecule has 0 aliphatic carbocycles. The fourth-order valence-electron chi connectivity index (χ4n) is 2.43. The van der Waals surface area contributed by atoms with E-state index in [4.69, 9.17) is 28.9 Å². The molecule has 1 saturated heterocycles. The second-order valence-electron chi connectivity index (χ2n) is 5.05. The lowest BCUT2D eigenvalue weighted by molar-refractivity contribution is -0.131. The molecule has 1 fully saturated rings. The molecule has 3 amide bonds. The average Bonchev–Trinajstić information content (AvgIpc) is 2.44. The van der Waals surface area contributed by atoms with Crippen molar-refractivity contribution >= 4 is 35.1 Å². The maximum absolute atomic E-state index is 12.3. The Labute approximate surface area is 133 Å². The van der Waals surface area contributed by atoms with E-state index in [1.54, 1.807) is 23.1 Å². The normalized spacial score (nSPS) is 15.8. The molecule has 3 N–H and O–H groups in total. The van der Waals surface area contributed by atoms with Gasteiger partial charge in [-0.2, -0.15) is 0 Å². The van der Waals surface area contributed by atoms with E-state index in [2.05, 4.69) is 5.32 Å². The van der Waals surface area contributed by atoms with Crippen LogP contribution in [0.15, 0.2) is 18.2 Å². The number of benzene rings is 1. The fraction of sp³-hybridized carbons (Fsp3) is 0.429. The Morgan fingerprint density at radius 2 is 1.95 bits per heavy atom. The summed E-state index contributed by atoms with van der Waals surface area (Å²) in [5.41, 5.74) is 5.82. The van der Waals surface area contributed by atoms with Gasteiger partial charge in [-0.15, -0.1) is 0 Å². The zero-order valence-electron chi connectivity index (χ0n) is 11.4. The number of nitrogens with zero attached hydrogens (tertiary/aromatic N) is 1. The number of hydrogen-bond donors (Lipinski definition) is 2. The Morgan fingerprint density at radius 1 is 1.29 bits per heavy atom. The number of amides is 3. The molecule has 114 valence electrons. The van der Waals surface area contributed by atoms with Crippen LogP contribution in [0.2, 0.25) is 10.0 Å². The topological polar surface area (TPSA) is 75.4 Å². The van der Waals surface area contributed by atoms with Crippen molar-refractivity contribution in [1.82, 2.24) is 10.2 Å². The first-order chi connectivity index (χ1) is 9.97. The number of primary amides is 1. The zero-order valence-corrected chi connectivity index (χ0v) is 13.0. The molecule has 1 heterocycles. The van der Waals surface area contributed by atoms with Gasteiger partial charge in [0.05, 0.1) is 16.5 Å². The number of carbonyl (C=O) groups excluding carboxylic acids is 2. The molecule has 5 nitrogen and oxygen atoms in total. The van der Waals surface area contributed by atoms with Crippen LogP contribution in [0.4, 0.5) is 4.79 Å². The third kappa shape index (κ3) is 4.25. The number of nitrogens with two attached hydrogens (primary N) is 1. The third-order valence-corrected chi connectivity index (χ3v) is 4.43. The van der Waals surface area contributed by atoms with E-state index in [1.165, 1.54) is 0 Å². The Bertz CT molecular complexity index is 543. The van der Waals surface area contributed by atoms with Gasteiger partial charge in [0, 0.05) is 19.1 Å². The number of urea groups is 1. The number of carbonyl (C=O) groups is 2. The van der Waals surface area contributed by atoms with Crippen LogP contribution >= 0.6 is 23.2 Å². The number of rotatable bonds is 3. The van der Waals surface area contributed by atoms with Crippen molar-refractivity contribution in [3.63, 3.8) is 0 Å². The third-order valence-electron chi connectivity index (χ3n) is 3.57. The van der Waals surface area contributed by atoms with Gasteiger partial charge in [0.2, 0.25) is 5.91 Å². The van der Waals surface area contributed by atoms with Gasteiger partial charge in [0.1, 0.15) is 0 Å². The van der Waals surface area contributed by atoms with Crippen LogP contribution < -0.4 is 11.1 Å². The Hall–Kier alpha value is -1.46. The van der Waals surface area contributed by atoms with Crippen LogP contribution in [-0.4, -0.2) is 36.0 Å². The van der Waals surface area contributed by atoms with Crippen molar-refractivity contribution < 1.29 is 9.59 Å². The molecular formula is C14H17Cl2N3O2. The minimum Gasteiger partial charge on any atom is -0.352 e. The number of hydrogen-bond acceptors (Lipinski definition) is 2. The van der Waals surface area contributed by atoms with Crippen LogP contribution in [0.25, 0.3) is 0 Å². The van der Waals surface area contributed by atoms with Crippen LogP contribution in [0.3, 0.4) is 0 Å². The van der Waals surface area contributed by atoms with Crippen LogP contribution in [0.1, 0.15) is 18.4 Å². The SMILES string of the molecule is NC(=O)NC1CCN(C(=O)Cc2cccc(Cl)c2Cl)CC1. The molecule has 21 heavy (non-hydrogen) atoms. The first kappa shape index (κ1) is 15.9. The van der Waals surface area contributed by atoms with E-state index >= 15 is 0 Å². The van der Waals surface area contributed by atoms with E-state index in [1.807, 2.05) is 0 Å². The molecule has 0 bridgehead atoms. The first-order valence-electron chi connectivity index (χ1n) is 6.74. The molecule has 1 aromatic carbocycles. The highest BCUT2D eigenvalue weighted by molar-refractivity contribution is 6.42. The van der Waals surface area contributed by atoms with Crippen LogP contribution in [0, 0.1) is 0 Å². The van der Waals surface area contributed by atoms with Gasteiger partial charge in [0.15, 0.2) is 0 Å². The molecule has 1 aliphatic heterocycles. The van der Waals surface area contributed by atoms with Crippen molar-refractivity contribution in [2.24, 2.45) is 5.73 Å². The maximum Gasteiger partial charge on any atom is 0.312 e. The predicted molar refractivity (Wildman–Crippen MR) is 82.5 cm³/mol. The van der Waals surface area contributed by atoms with Crippen molar-refractivity contribution in [2.45, 2.75) is 25.3 Å². The summed E-state index contributed by atoms with van der Waals surface area (Å²) in [5, 5.41) is 3.55. The molecule has 1 aromatic rings. The molecule has 0 unspecified atom stereocenters. The Balaban J connectivity index is 1.90. The highest BCUT2D eigenvalue weighted by Gasteiger charge is 2.23. The van der Waals surface area contributed by atoms with Gasteiger partial charge in [-0.05, 0) is 24.5 Å². The number of piperidine rings is 1. The van der Waals surface area contributed by atoms with Crippen molar-refractivity contribution in [2.75, 3.05) is 13.1 Å². The minimum atomic E-state index is -0.523. The van der Waals surface area contributed by atoms with E-state index in [9.17, 15) is 9.59 Å².